The molecule has 2 unspecified atom stereocenters. The number of aromatic nitrogens is 1. The molecule has 1 fully saturated rings. The molecule has 100 valence electrons. The summed E-state index contributed by atoms with van der Waals surface area (Å²) in [5.41, 5.74) is 1.23. The minimum atomic E-state index is 0.915. The fourth-order valence-electron chi connectivity index (χ4n) is 2.86. The Morgan fingerprint density at radius 2 is 2.28 bits per heavy atom. The Labute approximate surface area is 119 Å². The molecule has 0 spiro atoms. The molecule has 1 aliphatic carbocycles. The van der Waals surface area contributed by atoms with Crippen LogP contribution in [0.2, 0.25) is 0 Å². The van der Waals surface area contributed by atoms with Crippen molar-refractivity contribution < 1.29 is 0 Å². The number of hydrogen-bond acceptors (Lipinski definition) is 2. The Balaban J connectivity index is 1.76. The van der Waals surface area contributed by atoms with Gasteiger partial charge in [0.05, 0.1) is 0 Å². The lowest BCUT2D eigenvalue weighted by Gasteiger charge is -2.26. The number of aryl methyl sites for hydroxylation is 1. The molecule has 2 atom stereocenters. The molecule has 1 saturated carbocycles. The molecule has 2 nitrogen and oxygen atoms in total. The molecular weight excluding hydrogens is 288 g/mol. The smallest absolute Gasteiger partial charge is 0.126 e. The second-order valence-electron chi connectivity index (χ2n) is 5.67. The van der Waals surface area contributed by atoms with Gasteiger partial charge in [-0.1, -0.05) is 26.2 Å². The fourth-order valence-corrected chi connectivity index (χ4v) is 3.08. The molecule has 0 aromatic carbocycles. The topological polar surface area (TPSA) is 24.9 Å². The molecular formula is C15H23BrN2. The van der Waals surface area contributed by atoms with Gasteiger partial charge in [-0.15, -0.1) is 0 Å². The van der Waals surface area contributed by atoms with Crippen molar-refractivity contribution >= 4 is 21.7 Å². The van der Waals surface area contributed by atoms with Crippen molar-refractivity contribution in [3.8, 4) is 0 Å². The third-order valence-electron chi connectivity index (χ3n) is 3.95. The van der Waals surface area contributed by atoms with Gasteiger partial charge >= 0.3 is 0 Å². The van der Waals surface area contributed by atoms with E-state index in [0.717, 1.165) is 28.7 Å². The molecule has 0 amide bonds. The standard InChI is InChI=1S/C15H23BrN2/c1-11-4-3-5-13(8-11)6-7-17-15-9-12(2)14(16)10-18-15/h9-11,13H,3-8H2,1-2H3,(H,17,18). The summed E-state index contributed by atoms with van der Waals surface area (Å²) in [6.45, 7) is 5.53. The minimum Gasteiger partial charge on any atom is -0.370 e. The number of nitrogens with one attached hydrogen (secondary N) is 1. The SMILES string of the molecule is Cc1cc(NCCC2CCCC(C)C2)ncc1Br. The molecule has 1 N–H and O–H groups in total. The lowest BCUT2D eigenvalue weighted by molar-refractivity contribution is 0.274. The highest BCUT2D eigenvalue weighted by Gasteiger charge is 2.18. The lowest BCUT2D eigenvalue weighted by atomic mass is 9.81. The van der Waals surface area contributed by atoms with Crippen LogP contribution in [0, 0.1) is 18.8 Å². The Bertz CT molecular complexity index is 392. The van der Waals surface area contributed by atoms with E-state index in [2.05, 4.69) is 46.1 Å². The van der Waals surface area contributed by atoms with Gasteiger partial charge in [0.2, 0.25) is 0 Å². The predicted molar refractivity (Wildman–Crippen MR) is 80.9 cm³/mol. The summed E-state index contributed by atoms with van der Waals surface area (Å²) in [6.07, 6.45) is 8.83. The van der Waals surface area contributed by atoms with Crippen LogP contribution in [-0.4, -0.2) is 11.5 Å². The van der Waals surface area contributed by atoms with Gasteiger partial charge in [0.25, 0.3) is 0 Å². The maximum absolute atomic E-state index is 4.38. The van der Waals surface area contributed by atoms with Crippen LogP contribution in [0.15, 0.2) is 16.7 Å². The number of pyridine rings is 1. The third-order valence-corrected chi connectivity index (χ3v) is 4.78. The van der Waals surface area contributed by atoms with Crippen molar-refractivity contribution in [1.29, 1.82) is 0 Å². The summed E-state index contributed by atoms with van der Waals surface area (Å²) >= 11 is 3.48. The van der Waals surface area contributed by atoms with Crippen molar-refractivity contribution in [3.63, 3.8) is 0 Å². The Morgan fingerprint density at radius 3 is 3.00 bits per heavy atom. The summed E-state index contributed by atoms with van der Waals surface area (Å²) in [7, 11) is 0. The Hall–Kier alpha value is -0.570. The van der Waals surface area contributed by atoms with Gasteiger partial charge in [-0.05, 0) is 59.2 Å². The first kappa shape index (κ1) is 13.9. The van der Waals surface area contributed by atoms with Crippen LogP contribution in [0.25, 0.3) is 0 Å². The zero-order chi connectivity index (χ0) is 13.0. The Kier molecular flexibility index (Phi) is 5.04. The van der Waals surface area contributed by atoms with Crippen molar-refractivity contribution in [2.75, 3.05) is 11.9 Å². The minimum absolute atomic E-state index is 0.915. The monoisotopic (exact) mass is 310 g/mol. The summed E-state index contributed by atoms with van der Waals surface area (Å²) < 4.78 is 1.08. The highest BCUT2D eigenvalue weighted by atomic mass is 79.9. The van der Waals surface area contributed by atoms with E-state index in [4.69, 9.17) is 0 Å². The van der Waals surface area contributed by atoms with E-state index in [1.165, 1.54) is 37.7 Å². The third kappa shape index (κ3) is 3.98. The second-order valence-corrected chi connectivity index (χ2v) is 6.53. The number of hydrogen-bond donors (Lipinski definition) is 1. The summed E-state index contributed by atoms with van der Waals surface area (Å²) in [5.74, 6) is 2.84. The molecule has 0 bridgehead atoms. The van der Waals surface area contributed by atoms with Gasteiger partial charge in [-0.3, -0.25) is 0 Å². The van der Waals surface area contributed by atoms with Gasteiger partial charge in [0.15, 0.2) is 0 Å². The van der Waals surface area contributed by atoms with Crippen molar-refractivity contribution in [3.05, 3.63) is 22.3 Å². The van der Waals surface area contributed by atoms with Gasteiger partial charge in [0.1, 0.15) is 5.82 Å². The van der Waals surface area contributed by atoms with Crippen LogP contribution in [0.1, 0.15) is 44.6 Å². The fraction of sp³-hybridized carbons (Fsp3) is 0.667. The van der Waals surface area contributed by atoms with Gasteiger partial charge in [-0.2, -0.15) is 0 Å². The lowest BCUT2D eigenvalue weighted by Crippen LogP contribution is -2.16. The second kappa shape index (κ2) is 6.55. The maximum atomic E-state index is 4.38. The largest absolute Gasteiger partial charge is 0.370 e. The van der Waals surface area contributed by atoms with Crippen molar-refractivity contribution in [1.82, 2.24) is 4.98 Å². The van der Waals surface area contributed by atoms with Crippen molar-refractivity contribution in [2.45, 2.75) is 46.0 Å². The van der Waals surface area contributed by atoms with Crippen molar-refractivity contribution in [2.24, 2.45) is 11.8 Å². The number of halogens is 1. The number of anilines is 1. The first-order chi connectivity index (χ1) is 8.65. The van der Waals surface area contributed by atoms with E-state index >= 15 is 0 Å². The number of nitrogens with zero attached hydrogens (tertiary/aromatic N) is 1. The van der Waals surface area contributed by atoms with Crippen LogP contribution < -0.4 is 5.32 Å². The van der Waals surface area contributed by atoms with Crippen LogP contribution in [0.4, 0.5) is 5.82 Å². The maximum Gasteiger partial charge on any atom is 0.126 e. The first-order valence-corrected chi connectivity index (χ1v) is 7.80. The summed E-state index contributed by atoms with van der Waals surface area (Å²) in [5, 5.41) is 3.44. The molecule has 18 heavy (non-hydrogen) atoms. The zero-order valence-corrected chi connectivity index (χ0v) is 13.0. The molecule has 1 aromatic heterocycles. The van der Waals surface area contributed by atoms with Gasteiger partial charge < -0.3 is 5.32 Å². The first-order valence-electron chi connectivity index (χ1n) is 7.01. The zero-order valence-electron chi connectivity index (χ0n) is 11.4. The number of rotatable bonds is 4. The molecule has 0 radical (unpaired) electrons. The molecule has 3 heteroatoms. The van der Waals surface area contributed by atoms with Crippen LogP contribution in [0.3, 0.4) is 0 Å². The molecule has 2 rings (SSSR count). The molecule has 0 aliphatic heterocycles. The highest BCUT2D eigenvalue weighted by molar-refractivity contribution is 9.10. The van der Waals surface area contributed by atoms with Crippen LogP contribution >= 0.6 is 15.9 Å². The van der Waals surface area contributed by atoms with Crippen LogP contribution in [0.5, 0.6) is 0 Å². The Morgan fingerprint density at radius 1 is 1.44 bits per heavy atom. The van der Waals surface area contributed by atoms with Gasteiger partial charge in [-0.25, -0.2) is 4.98 Å². The summed E-state index contributed by atoms with van der Waals surface area (Å²) in [4.78, 5) is 4.38. The van der Waals surface area contributed by atoms with Crippen LogP contribution in [-0.2, 0) is 0 Å². The van der Waals surface area contributed by atoms with E-state index in [-0.39, 0.29) is 0 Å². The van der Waals surface area contributed by atoms with E-state index < -0.39 is 0 Å². The van der Waals surface area contributed by atoms with E-state index in [9.17, 15) is 0 Å². The van der Waals surface area contributed by atoms with E-state index in [1.807, 2.05) is 6.20 Å². The van der Waals surface area contributed by atoms with E-state index in [1.54, 1.807) is 0 Å². The normalized spacial score (nSPS) is 23.9. The van der Waals surface area contributed by atoms with E-state index in [0.29, 0.717) is 0 Å². The average molecular weight is 311 g/mol. The molecule has 1 aliphatic rings. The molecule has 1 aromatic rings. The van der Waals surface area contributed by atoms with Gasteiger partial charge in [0, 0.05) is 17.2 Å². The average Bonchev–Trinajstić information content (AvgIpc) is 2.34. The molecule has 0 saturated heterocycles. The molecule has 1 heterocycles. The quantitative estimate of drug-likeness (QED) is 0.865. The highest BCUT2D eigenvalue weighted by Crippen LogP contribution is 2.30. The summed E-state index contributed by atoms with van der Waals surface area (Å²) in [6, 6.07) is 2.10. The predicted octanol–water partition coefficient (Wildman–Crippen LogP) is 4.78.